The van der Waals surface area contributed by atoms with Gasteiger partial charge in [-0.05, 0) is 25.5 Å². The first-order valence-corrected chi connectivity index (χ1v) is 10.1. The summed E-state index contributed by atoms with van der Waals surface area (Å²) in [6.45, 7) is 6.45. The number of anilines is 2. The van der Waals surface area contributed by atoms with E-state index in [2.05, 4.69) is 14.7 Å². The van der Waals surface area contributed by atoms with E-state index in [0.29, 0.717) is 42.2 Å². The lowest BCUT2D eigenvalue weighted by Crippen LogP contribution is -2.37. The van der Waals surface area contributed by atoms with Crippen LogP contribution in [0.5, 0.6) is 0 Å². The van der Waals surface area contributed by atoms with E-state index in [1.807, 2.05) is 24.8 Å². The van der Waals surface area contributed by atoms with Crippen molar-refractivity contribution in [3.05, 3.63) is 28.8 Å². The highest BCUT2D eigenvalue weighted by Crippen LogP contribution is 2.24. The van der Waals surface area contributed by atoms with E-state index >= 15 is 0 Å². The molecule has 7 nitrogen and oxygen atoms in total. The van der Waals surface area contributed by atoms with Crippen LogP contribution < -0.4 is 9.62 Å². The molecular weight excluding hydrogens is 348 g/mol. The van der Waals surface area contributed by atoms with Gasteiger partial charge >= 0.3 is 0 Å². The molecule has 1 saturated heterocycles. The molecule has 1 aliphatic rings. The van der Waals surface area contributed by atoms with E-state index in [9.17, 15) is 8.42 Å². The van der Waals surface area contributed by atoms with Gasteiger partial charge in [-0.1, -0.05) is 6.92 Å². The van der Waals surface area contributed by atoms with Gasteiger partial charge in [0, 0.05) is 29.7 Å². The van der Waals surface area contributed by atoms with Crippen LogP contribution in [0.25, 0.3) is 0 Å². The van der Waals surface area contributed by atoms with Crippen molar-refractivity contribution in [2.45, 2.75) is 24.5 Å². The van der Waals surface area contributed by atoms with Crippen LogP contribution in [-0.4, -0.2) is 44.7 Å². The zero-order chi connectivity index (χ0) is 17.2. The molecule has 0 unspecified atom stereocenters. The summed E-state index contributed by atoms with van der Waals surface area (Å²) in [5.41, 5.74) is 0.713. The van der Waals surface area contributed by atoms with Gasteiger partial charge in [-0.3, -0.25) is 4.72 Å². The maximum Gasteiger partial charge on any atom is 0.272 e. The highest BCUT2D eigenvalue weighted by Gasteiger charge is 2.20. The van der Waals surface area contributed by atoms with Crippen molar-refractivity contribution in [2.24, 2.45) is 0 Å². The van der Waals surface area contributed by atoms with Crippen molar-refractivity contribution < 1.29 is 13.2 Å². The second kappa shape index (κ2) is 7.04. The Morgan fingerprint density at radius 3 is 2.71 bits per heavy atom. The highest BCUT2D eigenvalue weighted by molar-refractivity contribution is 7.94. The Labute approximate surface area is 145 Å². The SMILES string of the molecule is CCc1ccc(S(=O)(=O)Nc2cc(C)nc(N3CCOCC3)n2)s1. The van der Waals surface area contributed by atoms with Gasteiger partial charge in [-0.2, -0.15) is 4.98 Å². The van der Waals surface area contributed by atoms with Crippen molar-refractivity contribution in [1.29, 1.82) is 0 Å². The van der Waals surface area contributed by atoms with Crippen LogP contribution in [0.15, 0.2) is 22.4 Å². The molecule has 0 radical (unpaired) electrons. The number of sulfonamides is 1. The Hall–Kier alpha value is -1.71. The summed E-state index contributed by atoms with van der Waals surface area (Å²) in [5.74, 6) is 0.812. The average Bonchev–Trinajstić information content (AvgIpc) is 3.05. The molecule has 0 amide bonds. The number of morpholine rings is 1. The summed E-state index contributed by atoms with van der Waals surface area (Å²) in [6.07, 6.45) is 0.813. The maximum atomic E-state index is 12.5. The Kier molecular flexibility index (Phi) is 5.02. The van der Waals surface area contributed by atoms with Gasteiger partial charge in [0.25, 0.3) is 10.0 Å². The number of ether oxygens (including phenoxy) is 1. The fourth-order valence-electron chi connectivity index (χ4n) is 2.39. The topological polar surface area (TPSA) is 84.4 Å². The number of aromatic nitrogens is 2. The zero-order valence-corrected chi connectivity index (χ0v) is 15.3. The average molecular weight is 368 g/mol. The van der Waals surface area contributed by atoms with Gasteiger partial charge in [0.05, 0.1) is 13.2 Å². The second-order valence-electron chi connectivity index (χ2n) is 5.47. The van der Waals surface area contributed by atoms with Gasteiger partial charge in [0.1, 0.15) is 10.0 Å². The third-order valence-corrected chi connectivity index (χ3v) is 6.70. The van der Waals surface area contributed by atoms with Gasteiger partial charge in [-0.15, -0.1) is 11.3 Å². The Morgan fingerprint density at radius 2 is 2.04 bits per heavy atom. The van der Waals surface area contributed by atoms with Crippen molar-refractivity contribution in [3.63, 3.8) is 0 Å². The van der Waals surface area contributed by atoms with Crippen LogP contribution in [0, 0.1) is 6.92 Å². The molecule has 3 rings (SSSR count). The minimum Gasteiger partial charge on any atom is -0.378 e. The summed E-state index contributed by atoms with van der Waals surface area (Å²) in [5, 5.41) is 0. The Bertz CT molecular complexity index is 814. The molecule has 1 fully saturated rings. The van der Waals surface area contributed by atoms with Gasteiger partial charge < -0.3 is 9.64 Å². The van der Waals surface area contributed by atoms with Crippen LogP contribution in [0.4, 0.5) is 11.8 Å². The maximum absolute atomic E-state index is 12.5. The summed E-state index contributed by atoms with van der Waals surface area (Å²) in [7, 11) is -3.63. The van der Waals surface area contributed by atoms with E-state index < -0.39 is 10.0 Å². The first kappa shape index (κ1) is 17.1. The van der Waals surface area contributed by atoms with E-state index in [-0.39, 0.29) is 5.82 Å². The van der Waals surface area contributed by atoms with Crippen LogP contribution in [-0.2, 0) is 21.2 Å². The molecular formula is C15H20N4O3S2. The molecule has 0 saturated carbocycles. The van der Waals surface area contributed by atoms with E-state index in [1.165, 1.54) is 11.3 Å². The molecule has 9 heteroatoms. The Morgan fingerprint density at radius 1 is 1.29 bits per heavy atom. The summed E-state index contributed by atoms with van der Waals surface area (Å²) in [4.78, 5) is 11.8. The number of nitrogens with one attached hydrogen (secondary N) is 1. The lowest BCUT2D eigenvalue weighted by Gasteiger charge is -2.27. The molecule has 0 aromatic carbocycles. The molecule has 1 aliphatic heterocycles. The summed E-state index contributed by atoms with van der Waals surface area (Å²) < 4.78 is 33.3. The van der Waals surface area contributed by atoms with Gasteiger partial charge in [-0.25, -0.2) is 13.4 Å². The largest absolute Gasteiger partial charge is 0.378 e. The third-order valence-electron chi connectivity index (χ3n) is 3.63. The van der Waals surface area contributed by atoms with Crippen LogP contribution in [0.3, 0.4) is 0 Å². The van der Waals surface area contributed by atoms with Crippen LogP contribution in [0.1, 0.15) is 17.5 Å². The minimum absolute atomic E-state index is 0.287. The van der Waals surface area contributed by atoms with Crippen molar-refractivity contribution in [3.8, 4) is 0 Å². The van der Waals surface area contributed by atoms with Crippen LogP contribution >= 0.6 is 11.3 Å². The second-order valence-corrected chi connectivity index (χ2v) is 8.55. The molecule has 2 aromatic rings. The molecule has 0 aliphatic carbocycles. The standard InChI is InChI=1S/C15H20N4O3S2/c1-3-12-4-5-14(23-12)24(20,21)18-13-10-11(2)16-15(17-13)19-6-8-22-9-7-19/h4-5,10H,3,6-9H2,1-2H3,(H,16,17,18). The number of rotatable bonds is 5. The summed E-state index contributed by atoms with van der Waals surface area (Å²) >= 11 is 1.27. The smallest absolute Gasteiger partial charge is 0.272 e. The van der Waals surface area contributed by atoms with E-state index in [0.717, 1.165) is 11.3 Å². The number of hydrogen-bond acceptors (Lipinski definition) is 7. The first-order chi connectivity index (χ1) is 11.5. The molecule has 130 valence electrons. The predicted octanol–water partition coefficient (Wildman–Crippen LogP) is 2.05. The summed E-state index contributed by atoms with van der Waals surface area (Å²) in [6, 6.07) is 5.10. The number of thiophene rings is 1. The molecule has 0 bridgehead atoms. The van der Waals surface area contributed by atoms with Gasteiger partial charge in [0.15, 0.2) is 0 Å². The number of hydrogen-bond donors (Lipinski definition) is 1. The molecule has 1 N–H and O–H groups in total. The van der Waals surface area contributed by atoms with Crippen molar-refractivity contribution in [2.75, 3.05) is 35.9 Å². The third kappa shape index (κ3) is 3.85. The quantitative estimate of drug-likeness (QED) is 0.869. The van der Waals surface area contributed by atoms with Crippen molar-refractivity contribution in [1.82, 2.24) is 9.97 Å². The number of aryl methyl sites for hydroxylation is 2. The highest BCUT2D eigenvalue weighted by atomic mass is 32.2. The minimum atomic E-state index is -3.63. The molecule has 3 heterocycles. The lowest BCUT2D eigenvalue weighted by atomic mass is 10.4. The van der Waals surface area contributed by atoms with Crippen molar-refractivity contribution >= 4 is 33.1 Å². The zero-order valence-electron chi connectivity index (χ0n) is 13.7. The molecule has 0 atom stereocenters. The normalized spacial score (nSPS) is 15.5. The fourth-order valence-corrected chi connectivity index (χ4v) is 4.68. The van der Waals surface area contributed by atoms with Crippen LogP contribution in [0.2, 0.25) is 0 Å². The van der Waals surface area contributed by atoms with E-state index in [4.69, 9.17) is 4.74 Å². The Balaban J connectivity index is 1.85. The predicted molar refractivity (Wildman–Crippen MR) is 94.3 cm³/mol. The fraction of sp³-hybridized carbons (Fsp3) is 0.467. The first-order valence-electron chi connectivity index (χ1n) is 7.78. The molecule has 2 aromatic heterocycles. The monoisotopic (exact) mass is 368 g/mol. The lowest BCUT2D eigenvalue weighted by molar-refractivity contribution is 0.122. The van der Waals surface area contributed by atoms with Gasteiger partial charge in [0.2, 0.25) is 5.95 Å². The number of nitrogens with zero attached hydrogens (tertiary/aromatic N) is 3. The van der Waals surface area contributed by atoms with E-state index in [1.54, 1.807) is 12.1 Å². The molecule has 0 spiro atoms. The molecule has 24 heavy (non-hydrogen) atoms.